The number of para-hydroxylation sites is 1. The van der Waals surface area contributed by atoms with Gasteiger partial charge in [0.15, 0.2) is 0 Å². The van der Waals surface area contributed by atoms with E-state index in [1.165, 1.54) is 7.11 Å². The first-order chi connectivity index (χ1) is 13.6. The molecule has 1 N–H and O–H groups in total. The zero-order valence-electron chi connectivity index (χ0n) is 15.6. The second kappa shape index (κ2) is 8.98. The topological polar surface area (TPSA) is 91.8 Å². The molecule has 1 aliphatic heterocycles. The van der Waals surface area contributed by atoms with Gasteiger partial charge in [0.1, 0.15) is 6.42 Å². The molecule has 0 saturated carbocycles. The van der Waals surface area contributed by atoms with Crippen LogP contribution in [0.1, 0.15) is 16.8 Å². The maximum Gasteiger partial charge on any atom is 0.315 e. The molecule has 0 unspecified atom stereocenters. The largest absolute Gasteiger partial charge is 0.469 e. The highest BCUT2D eigenvalue weighted by Crippen LogP contribution is 2.23. The number of aromatic nitrogens is 1. The molecule has 28 heavy (non-hydrogen) atoms. The summed E-state index contributed by atoms with van der Waals surface area (Å²) in [6.07, 6.45) is 2.99. The standard InChI is InChI=1S/C20H22N4O4/c1-28-19(26)14-18(25)24-12-10-23(11-13-24)17-5-3-2-4-16(17)20(27)22-15-6-8-21-9-7-15/h2-9H,10-14H2,1H3,(H,21,22,27). The number of piperazine rings is 1. The maximum absolute atomic E-state index is 12.7. The Hall–Kier alpha value is -3.42. The molecule has 2 aromatic rings. The summed E-state index contributed by atoms with van der Waals surface area (Å²) in [5.41, 5.74) is 2.05. The number of hydrogen-bond donors (Lipinski definition) is 1. The van der Waals surface area contributed by atoms with Gasteiger partial charge in [-0.05, 0) is 24.3 Å². The van der Waals surface area contributed by atoms with Gasteiger partial charge in [-0.25, -0.2) is 0 Å². The Morgan fingerprint density at radius 2 is 1.71 bits per heavy atom. The van der Waals surface area contributed by atoms with Gasteiger partial charge in [-0.1, -0.05) is 12.1 Å². The number of nitrogens with one attached hydrogen (secondary N) is 1. The van der Waals surface area contributed by atoms with Gasteiger partial charge in [0.2, 0.25) is 5.91 Å². The molecule has 0 atom stereocenters. The van der Waals surface area contributed by atoms with Gasteiger partial charge in [0, 0.05) is 49.9 Å². The zero-order chi connectivity index (χ0) is 19.9. The summed E-state index contributed by atoms with van der Waals surface area (Å²) >= 11 is 0. The number of carbonyl (C=O) groups excluding carboxylic acids is 3. The van der Waals surface area contributed by atoms with Crippen LogP contribution in [0.3, 0.4) is 0 Å². The number of methoxy groups -OCH3 is 1. The van der Waals surface area contributed by atoms with Crippen molar-refractivity contribution in [3.63, 3.8) is 0 Å². The van der Waals surface area contributed by atoms with E-state index in [9.17, 15) is 14.4 Å². The van der Waals surface area contributed by atoms with Crippen molar-refractivity contribution in [2.75, 3.05) is 43.5 Å². The van der Waals surface area contributed by atoms with Gasteiger partial charge in [0.05, 0.1) is 12.7 Å². The van der Waals surface area contributed by atoms with E-state index in [0.717, 1.165) is 5.69 Å². The number of esters is 1. The van der Waals surface area contributed by atoms with Gasteiger partial charge in [-0.15, -0.1) is 0 Å². The molecule has 3 rings (SSSR count). The average Bonchev–Trinajstić information content (AvgIpc) is 2.74. The van der Waals surface area contributed by atoms with Crippen LogP contribution in [0.4, 0.5) is 11.4 Å². The Bertz CT molecular complexity index is 848. The second-order valence-electron chi connectivity index (χ2n) is 6.33. The number of pyridine rings is 1. The Morgan fingerprint density at radius 1 is 1.04 bits per heavy atom. The van der Waals surface area contributed by atoms with Crippen molar-refractivity contribution >= 4 is 29.2 Å². The fraction of sp³-hybridized carbons (Fsp3) is 0.300. The fourth-order valence-electron chi connectivity index (χ4n) is 3.08. The van der Waals surface area contributed by atoms with Crippen molar-refractivity contribution in [1.82, 2.24) is 9.88 Å². The molecule has 1 aliphatic rings. The number of ether oxygens (including phenoxy) is 1. The minimum absolute atomic E-state index is 0.203. The Kier molecular flexibility index (Phi) is 6.21. The van der Waals surface area contributed by atoms with Gasteiger partial charge >= 0.3 is 5.97 Å². The summed E-state index contributed by atoms with van der Waals surface area (Å²) in [4.78, 5) is 43.8. The van der Waals surface area contributed by atoms with E-state index in [0.29, 0.717) is 37.4 Å². The summed E-state index contributed by atoms with van der Waals surface area (Å²) in [6, 6.07) is 10.8. The molecule has 2 amide bonds. The van der Waals surface area contributed by atoms with Crippen LogP contribution in [0.25, 0.3) is 0 Å². The van der Waals surface area contributed by atoms with E-state index < -0.39 is 5.97 Å². The molecule has 2 heterocycles. The Morgan fingerprint density at radius 3 is 2.39 bits per heavy atom. The molecular weight excluding hydrogens is 360 g/mol. The molecule has 0 aliphatic carbocycles. The lowest BCUT2D eigenvalue weighted by molar-refractivity contribution is -0.146. The quantitative estimate of drug-likeness (QED) is 0.623. The molecule has 8 nitrogen and oxygen atoms in total. The normalized spacial score (nSPS) is 13.8. The van der Waals surface area contributed by atoms with Crippen LogP contribution in [-0.2, 0) is 14.3 Å². The number of anilines is 2. The molecular formula is C20H22N4O4. The highest BCUT2D eigenvalue weighted by molar-refractivity contribution is 6.08. The molecule has 1 aromatic carbocycles. The molecule has 146 valence electrons. The first-order valence-corrected chi connectivity index (χ1v) is 8.98. The van der Waals surface area contributed by atoms with Crippen LogP contribution < -0.4 is 10.2 Å². The molecule has 0 radical (unpaired) electrons. The molecule has 1 aromatic heterocycles. The van der Waals surface area contributed by atoms with Gasteiger partial charge in [0.25, 0.3) is 5.91 Å². The monoisotopic (exact) mass is 382 g/mol. The number of rotatable bonds is 5. The summed E-state index contributed by atoms with van der Waals surface area (Å²) in [5, 5.41) is 2.87. The third-order valence-corrected chi connectivity index (χ3v) is 4.58. The van der Waals surface area contributed by atoms with Gasteiger partial charge in [-0.3, -0.25) is 19.4 Å². The van der Waals surface area contributed by atoms with E-state index in [1.807, 2.05) is 18.2 Å². The first kappa shape index (κ1) is 19.3. The predicted molar refractivity (Wildman–Crippen MR) is 104 cm³/mol. The molecule has 1 fully saturated rings. The smallest absolute Gasteiger partial charge is 0.315 e. The van der Waals surface area contributed by atoms with Crippen molar-refractivity contribution < 1.29 is 19.1 Å². The lowest BCUT2D eigenvalue weighted by Crippen LogP contribution is -2.49. The van der Waals surface area contributed by atoms with Crippen LogP contribution in [0.2, 0.25) is 0 Å². The first-order valence-electron chi connectivity index (χ1n) is 8.98. The number of benzene rings is 1. The van der Waals surface area contributed by atoms with Crippen LogP contribution in [0.5, 0.6) is 0 Å². The van der Waals surface area contributed by atoms with Crippen molar-refractivity contribution in [3.8, 4) is 0 Å². The van der Waals surface area contributed by atoms with Crippen LogP contribution in [-0.4, -0.2) is 61.0 Å². The molecule has 8 heteroatoms. The zero-order valence-corrected chi connectivity index (χ0v) is 15.6. The molecule has 1 saturated heterocycles. The van der Waals surface area contributed by atoms with Gasteiger partial charge < -0.3 is 19.9 Å². The highest BCUT2D eigenvalue weighted by Gasteiger charge is 2.25. The predicted octanol–water partition coefficient (Wildman–Crippen LogP) is 1.55. The minimum atomic E-state index is -0.537. The van der Waals surface area contributed by atoms with Crippen LogP contribution in [0, 0.1) is 0 Å². The summed E-state index contributed by atoms with van der Waals surface area (Å²) < 4.78 is 4.55. The SMILES string of the molecule is COC(=O)CC(=O)N1CCN(c2ccccc2C(=O)Nc2ccncc2)CC1. The van der Waals surface area contributed by atoms with Gasteiger partial charge in [-0.2, -0.15) is 0 Å². The number of amides is 2. The van der Waals surface area contributed by atoms with Crippen molar-refractivity contribution in [2.24, 2.45) is 0 Å². The molecule has 0 bridgehead atoms. The fourth-order valence-corrected chi connectivity index (χ4v) is 3.08. The van der Waals surface area contributed by atoms with E-state index in [-0.39, 0.29) is 18.2 Å². The number of carbonyl (C=O) groups is 3. The van der Waals surface area contributed by atoms with Crippen molar-refractivity contribution in [1.29, 1.82) is 0 Å². The minimum Gasteiger partial charge on any atom is -0.469 e. The van der Waals surface area contributed by atoms with E-state index >= 15 is 0 Å². The summed E-state index contributed by atoms with van der Waals surface area (Å²) in [7, 11) is 1.27. The van der Waals surface area contributed by atoms with E-state index in [1.54, 1.807) is 35.5 Å². The summed E-state index contributed by atoms with van der Waals surface area (Å²) in [6.45, 7) is 2.12. The lowest BCUT2D eigenvalue weighted by Gasteiger charge is -2.36. The van der Waals surface area contributed by atoms with E-state index in [2.05, 4.69) is 19.9 Å². The molecule has 0 spiro atoms. The van der Waals surface area contributed by atoms with Crippen LogP contribution >= 0.6 is 0 Å². The Balaban J connectivity index is 1.66. The van der Waals surface area contributed by atoms with Crippen molar-refractivity contribution in [2.45, 2.75) is 6.42 Å². The van der Waals surface area contributed by atoms with E-state index in [4.69, 9.17) is 0 Å². The third-order valence-electron chi connectivity index (χ3n) is 4.58. The maximum atomic E-state index is 12.7. The van der Waals surface area contributed by atoms with Crippen LogP contribution in [0.15, 0.2) is 48.8 Å². The average molecular weight is 382 g/mol. The highest BCUT2D eigenvalue weighted by atomic mass is 16.5. The Labute approximate surface area is 163 Å². The lowest BCUT2D eigenvalue weighted by atomic mass is 10.1. The number of nitrogens with zero attached hydrogens (tertiary/aromatic N) is 3. The second-order valence-corrected chi connectivity index (χ2v) is 6.33. The number of hydrogen-bond acceptors (Lipinski definition) is 6. The summed E-state index contributed by atoms with van der Waals surface area (Å²) in [5.74, 6) is -0.980. The third kappa shape index (κ3) is 4.64. The van der Waals surface area contributed by atoms with Crippen molar-refractivity contribution in [3.05, 3.63) is 54.4 Å².